The van der Waals surface area contributed by atoms with Crippen LogP contribution in [-0.2, 0) is 38.0 Å². The first kappa shape index (κ1) is 49.5. The molecule has 10 N–H and O–H groups in total. The molecule has 4 saturated carbocycles. The van der Waals surface area contributed by atoms with Crippen molar-refractivity contribution in [1.29, 1.82) is 0 Å². The molecule has 65 heavy (non-hydrogen) atoms. The number of allylic oxidation sites excluding steroid dienone is 2. The third kappa shape index (κ3) is 7.76. The molecule has 0 unspecified atom stereocenters. The van der Waals surface area contributed by atoms with Gasteiger partial charge in [-0.05, 0) is 109 Å². The van der Waals surface area contributed by atoms with Crippen LogP contribution in [0.15, 0.2) is 11.6 Å². The van der Waals surface area contributed by atoms with E-state index in [1.807, 2.05) is 0 Å². The molecule has 0 aromatic heterocycles. The van der Waals surface area contributed by atoms with Gasteiger partial charge in [-0.1, -0.05) is 60.1 Å². The summed E-state index contributed by atoms with van der Waals surface area (Å²) in [7, 11) is 0. The molecule has 8 rings (SSSR count). The minimum atomic E-state index is -1.84. The second-order valence-corrected chi connectivity index (χ2v) is 23.1. The van der Waals surface area contributed by atoms with E-state index in [1.165, 1.54) is 5.57 Å². The van der Waals surface area contributed by atoms with Crippen LogP contribution in [0.2, 0.25) is 0 Å². The molecule has 0 radical (unpaired) electrons. The molecule has 0 spiro atoms. The molecule has 0 aromatic rings. The molecule has 370 valence electrons. The molecule has 3 heterocycles. The highest BCUT2D eigenvalue weighted by Gasteiger charge is 2.70. The highest BCUT2D eigenvalue weighted by molar-refractivity contribution is 5.79. The molecule has 3 saturated heterocycles. The minimum Gasteiger partial charge on any atom is -0.479 e. The van der Waals surface area contributed by atoms with Crippen molar-refractivity contribution in [2.24, 2.45) is 50.2 Å². The van der Waals surface area contributed by atoms with Crippen LogP contribution in [0.1, 0.15) is 113 Å². The number of aliphatic carboxylic acids is 1. The normalized spacial score (nSPS) is 52.7. The van der Waals surface area contributed by atoms with Crippen LogP contribution in [-0.4, -0.2) is 168 Å². The van der Waals surface area contributed by atoms with Gasteiger partial charge in [0.1, 0.15) is 61.0 Å². The summed E-state index contributed by atoms with van der Waals surface area (Å²) in [6.07, 6.45) is -13.6. The molecule has 22 atom stereocenters. The number of ether oxygens (including phenoxy) is 6. The first-order chi connectivity index (χ1) is 30.3. The highest BCUT2D eigenvalue weighted by atomic mass is 16.7. The van der Waals surface area contributed by atoms with E-state index in [1.54, 1.807) is 0 Å². The van der Waals surface area contributed by atoms with Crippen LogP contribution in [0.25, 0.3) is 0 Å². The minimum absolute atomic E-state index is 0.0646. The van der Waals surface area contributed by atoms with E-state index < -0.39 is 128 Å². The molecule has 0 amide bonds. The monoisotopic (exact) mass is 926 g/mol. The molecule has 0 bridgehead atoms. The predicted molar refractivity (Wildman–Crippen MR) is 225 cm³/mol. The summed E-state index contributed by atoms with van der Waals surface area (Å²) < 4.78 is 34.9. The molecule has 18 heteroatoms. The van der Waals surface area contributed by atoms with Crippen LogP contribution in [0.5, 0.6) is 0 Å². The zero-order valence-corrected chi connectivity index (χ0v) is 38.7. The summed E-state index contributed by atoms with van der Waals surface area (Å²) in [5.41, 5.74) is -0.801. The summed E-state index contributed by atoms with van der Waals surface area (Å²) >= 11 is 0. The lowest BCUT2D eigenvalue weighted by atomic mass is 9.33. The van der Waals surface area contributed by atoms with E-state index >= 15 is 0 Å². The number of hydrogen-bond donors (Lipinski definition) is 10. The number of carbonyl (C=O) groups excluding carboxylic acids is 1. The number of carbonyl (C=O) groups is 2. The van der Waals surface area contributed by atoms with E-state index in [9.17, 15) is 60.7 Å². The van der Waals surface area contributed by atoms with E-state index in [0.29, 0.717) is 19.3 Å². The lowest BCUT2D eigenvalue weighted by Crippen LogP contribution is -2.67. The second kappa shape index (κ2) is 17.2. The van der Waals surface area contributed by atoms with Crippen LogP contribution in [0.4, 0.5) is 0 Å². The predicted octanol–water partition coefficient (Wildman–Crippen LogP) is 0.872. The third-order valence-electron chi connectivity index (χ3n) is 18.9. The Morgan fingerprint density at radius 3 is 2.05 bits per heavy atom. The topological polar surface area (TPSA) is 292 Å². The van der Waals surface area contributed by atoms with E-state index in [0.717, 1.165) is 44.9 Å². The Morgan fingerprint density at radius 2 is 1.37 bits per heavy atom. The van der Waals surface area contributed by atoms with E-state index in [2.05, 4.69) is 54.5 Å². The van der Waals surface area contributed by atoms with Crippen molar-refractivity contribution >= 4 is 11.9 Å². The summed E-state index contributed by atoms with van der Waals surface area (Å²) in [5.74, 6) is -1.77. The maximum Gasteiger partial charge on any atom is 0.335 e. The largest absolute Gasteiger partial charge is 0.479 e. The van der Waals surface area contributed by atoms with E-state index in [4.69, 9.17) is 28.4 Å². The molecule has 8 aliphatic rings. The number of esters is 1. The van der Waals surface area contributed by atoms with Crippen LogP contribution >= 0.6 is 0 Å². The van der Waals surface area contributed by atoms with Crippen LogP contribution in [0, 0.1) is 50.2 Å². The Morgan fingerprint density at radius 1 is 0.708 bits per heavy atom. The SMILES string of the molecule is CC1(C)CC[C@]2(C(=O)O[C@@H]3O[C@H](CO)[C@@H](O)[C@H](O)[C@H]3O)CC[C@]3(C)C(=CC[C@@H]4[C@@]5(C)CC[C@H](O[C@@H]6O[C@H](C(=O)O)[C@@H](O[C@@H]7OC[C@@H](O)[C@H](O)[C@H]7O)[C@H](O)[C@H]6O)C(C)(C)[C@H]5CC[C@]43C)[C@@H]2C1. The van der Waals surface area contributed by atoms with Crippen molar-refractivity contribution in [1.82, 2.24) is 0 Å². The van der Waals surface area contributed by atoms with Gasteiger partial charge in [-0.2, -0.15) is 0 Å². The fourth-order valence-electron chi connectivity index (χ4n) is 14.7. The van der Waals surface area contributed by atoms with Gasteiger partial charge in [-0.3, -0.25) is 4.79 Å². The van der Waals surface area contributed by atoms with E-state index in [-0.39, 0.29) is 39.4 Å². The number of hydrogen-bond acceptors (Lipinski definition) is 17. The maximum absolute atomic E-state index is 14.6. The summed E-state index contributed by atoms with van der Waals surface area (Å²) in [6, 6.07) is 0. The number of aliphatic hydroxyl groups excluding tert-OH is 9. The summed E-state index contributed by atoms with van der Waals surface area (Å²) in [4.78, 5) is 27.2. The second-order valence-electron chi connectivity index (χ2n) is 23.1. The number of fused-ring (bicyclic) bond motifs is 7. The molecular formula is C47H74O18. The Labute approximate surface area is 380 Å². The lowest BCUT2D eigenvalue weighted by molar-refractivity contribution is -0.354. The Balaban J connectivity index is 1.01. The van der Waals surface area contributed by atoms with Crippen molar-refractivity contribution in [2.75, 3.05) is 13.2 Å². The van der Waals surface area contributed by atoms with Crippen molar-refractivity contribution in [3.63, 3.8) is 0 Å². The van der Waals surface area contributed by atoms with Gasteiger partial charge in [0.25, 0.3) is 0 Å². The molecule has 0 aromatic carbocycles. The summed E-state index contributed by atoms with van der Waals surface area (Å²) in [5, 5.41) is 105. The van der Waals surface area contributed by atoms with Gasteiger partial charge in [0.15, 0.2) is 18.7 Å². The van der Waals surface area contributed by atoms with Gasteiger partial charge >= 0.3 is 11.9 Å². The summed E-state index contributed by atoms with van der Waals surface area (Å²) in [6.45, 7) is 14.9. The number of carboxylic acid groups (broad SMARTS) is 1. The highest BCUT2D eigenvalue weighted by Crippen LogP contribution is 2.76. The van der Waals surface area contributed by atoms with Crippen LogP contribution < -0.4 is 0 Å². The zero-order valence-electron chi connectivity index (χ0n) is 38.7. The first-order valence-electron chi connectivity index (χ1n) is 23.7. The Bertz CT molecular complexity index is 1820. The van der Waals surface area contributed by atoms with Crippen molar-refractivity contribution in [2.45, 2.75) is 205 Å². The molecule has 18 nitrogen and oxygen atoms in total. The van der Waals surface area contributed by atoms with Gasteiger partial charge < -0.3 is 79.5 Å². The Kier molecular flexibility index (Phi) is 13.1. The fraction of sp³-hybridized carbons (Fsp3) is 0.915. The quantitative estimate of drug-likeness (QED) is 0.0918. The smallest absolute Gasteiger partial charge is 0.335 e. The van der Waals surface area contributed by atoms with Gasteiger partial charge in [-0.15, -0.1) is 0 Å². The molecular weight excluding hydrogens is 852 g/mol. The average molecular weight is 927 g/mol. The van der Waals surface area contributed by atoms with Crippen molar-refractivity contribution in [3.8, 4) is 0 Å². The van der Waals surface area contributed by atoms with Gasteiger partial charge in [-0.25, -0.2) is 4.79 Å². The number of rotatable bonds is 8. The molecule has 7 fully saturated rings. The third-order valence-corrected chi connectivity index (χ3v) is 18.9. The van der Waals surface area contributed by atoms with Crippen molar-refractivity contribution in [3.05, 3.63) is 11.6 Å². The fourth-order valence-corrected chi connectivity index (χ4v) is 14.7. The molecule has 3 aliphatic heterocycles. The zero-order chi connectivity index (χ0) is 47.6. The van der Waals surface area contributed by atoms with Gasteiger partial charge in [0.2, 0.25) is 6.29 Å². The molecule has 5 aliphatic carbocycles. The first-order valence-corrected chi connectivity index (χ1v) is 23.7. The number of aliphatic hydroxyl groups is 9. The van der Waals surface area contributed by atoms with Crippen molar-refractivity contribution < 1.29 is 89.1 Å². The Hall–Kier alpha value is -1.88. The number of carboxylic acids is 1. The van der Waals surface area contributed by atoms with Crippen LogP contribution in [0.3, 0.4) is 0 Å². The standard InChI is InChI=1S/C47H74O18/c1-42(2)14-16-47(41(59)65-39-33(55)30(52)29(51)24(19-48)61-39)17-15-45(6)21(22(47)18-42)8-9-26-44(5)12-11-27(43(3,4)25(44)10-13-46(26,45)7)62-40-34(56)31(53)35(36(64-40)37(57)58)63-38-32(54)28(50)23(49)20-60-38/h8,22-36,38-40,48-56H,9-20H2,1-7H3,(H,57,58)/t22-,23+,24+,25+,26+,27-,28-,29+,30-,31+,32+,33+,34+,35-,36-,38-,39-,40+,44-,45+,46+,47-/m0/s1. The average Bonchev–Trinajstić information content (AvgIpc) is 3.24. The maximum atomic E-state index is 14.6. The lowest BCUT2D eigenvalue weighted by Gasteiger charge is -2.71. The van der Waals surface area contributed by atoms with Gasteiger partial charge in [0, 0.05) is 0 Å². The van der Waals surface area contributed by atoms with Gasteiger partial charge in [0.05, 0.1) is 24.7 Å².